The molecule has 1 saturated carbocycles. The number of rotatable bonds is 8. The first-order valence-corrected chi connectivity index (χ1v) is 7.39. The van der Waals surface area contributed by atoms with E-state index in [0.29, 0.717) is 13.0 Å². The van der Waals surface area contributed by atoms with Crippen LogP contribution in [0, 0.1) is 22.7 Å². The number of carbonyl (C=O) groups excluding carboxylic acids is 1. The minimum absolute atomic E-state index is 0.162. The van der Waals surface area contributed by atoms with Crippen LogP contribution in [0.1, 0.15) is 24.8 Å². The number of hydrogen-bond donors (Lipinski definition) is 1. The molecule has 21 heavy (non-hydrogen) atoms. The summed E-state index contributed by atoms with van der Waals surface area (Å²) in [5.74, 6) is -0.782. The van der Waals surface area contributed by atoms with Crippen molar-refractivity contribution < 1.29 is 9.53 Å². The van der Waals surface area contributed by atoms with Gasteiger partial charge in [-0.2, -0.15) is 5.26 Å². The quantitative estimate of drug-likeness (QED) is 0.797. The lowest BCUT2D eigenvalue weighted by Crippen LogP contribution is -2.35. The van der Waals surface area contributed by atoms with E-state index in [4.69, 9.17) is 4.74 Å². The molecular weight excluding hydrogens is 264 g/mol. The van der Waals surface area contributed by atoms with E-state index in [2.05, 4.69) is 11.4 Å². The summed E-state index contributed by atoms with van der Waals surface area (Å²) in [6, 6.07) is 11.8. The van der Waals surface area contributed by atoms with Crippen LogP contribution in [0.25, 0.3) is 0 Å². The van der Waals surface area contributed by atoms with Crippen molar-refractivity contribution in [1.82, 2.24) is 5.32 Å². The monoisotopic (exact) mass is 286 g/mol. The fraction of sp³-hybridized carbons (Fsp3) is 0.529. The Bertz CT molecular complexity index is 503. The van der Waals surface area contributed by atoms with Crippen molar-refractivity contribution in [3.05, 3.63) is 35.9 Å². The fourth-order valence-electron chi connectivity index (χ4n) is 2.46. The Hall–Kier alpha value is -1.86. The van der Waals surface area contributed by atoms with Crippen LogP contribution in [-0.4, -0.2) is 26.2 Å². The zero-order chi connectivity index (χ0) is 15.1. The number of methoxy groups -OCH3 is 1. The third-order valence-corrected chi connectivity index (χ3v) is 4.19. The molecule has 0 heterocycles. The molecule has 0 saturated heterocycles. The van der Waals surface area contributed by atoms with Gasteiger partial charge in [0.05, 0.1) is 6.07 Å². The van der Waals surface area contributed by atoms with E-state index in [1.807, 2.05) is 30.3 Å². The zero-order valence-corrected chi connectivity index (χ0v) is 12.5. The van der Waals surface area contributed by atoms with Crippen molar-refractivity contribution in [2.45, 2.75) is 25.7 Å². The summed E-state index contributed by atoms with van der Waals surface area (Å²) in [5.41, 5.74) is 1.22. The van der Waals surface area contributed by atoms with Crippen LogP contribution in [-0.2, 0) is 16.0 Å². The first-order chi connectivity index (χ1) is 10.2. The predicted octanol–water partition coefficient (Wildman–Crippen LogP) is 2.30. The molecule has 0 aromatic heterocycles. The number of ether oxygens (including phenoxy) is 1. The van der Waals surface area contributed by atoms with E-state index in [9.17, 15) is 10.1 Å². The molecule has 1 aliphatic rings. The molecule has 1 fully saturated rings. The first kappa shape index (κ1) is 15.5. The molecule has 0 aliphatic heterocycles. The molecule has 1 aromatic rings. The van der Waals surface area contributed by atoms with Crippen LogP contribution >= 0.6 is 0 Å². The van der Waals surface area contributed by atoms with Crippen LogP contribution in [0.3, 0.4) is 0 Å². The Kier molecular flexibility index (Phi) is 5.35. The number of carbonyl (C=O) groups is 1. The molecule has 1 atom stereocenters. The Morgan fingerprint density at radius 3 is 2.71 bits per heavy atom. The highest BCUT2D eigenvalue weighted by Crippen LogP contribution is 2.48. The highest BCUT2D eigenvalue weighted by molar-refractivity contribution is 5.81. The molecule has 1 aliphatic carbocycles. The van der Waals surface area contributed by atoms with E-state index < -0.39 is 5.92 Å². The molecule has 1 amide bonds. The molecule has 4 nitrogen and oxygen atoms in total. The highest BCUT2D eigenvalue weighted by Gasteiger charge is 2.42. The second kappa shape index (κ2) is 7.24. The van der Waals surface area contributed by atoms with Crippen molar-refractivity contribution >= 4 is 5.91 Å². The minimum Gasteiger partial charge on any atom is -0.385 e. The molecule has 0 spiro atoms. The van der Waals surface area contributed by atoms with E-state index in [1.54, 1.807) is 7.11 Å². The number of nitrogens with one attached hydrogen (secondary N) is 1. The number of nitriles is 1. The highest BCUT2D eigenvalue weighted by atomic mass is 16.5. The number of hydrogen-bond acceptors (Lipinski definition) is 3. The zero-order valence-electron chi connectivity index (χ0n) is 12.5. The maximum absolute atomic E-state index is 12.2. The second-order valence-corrected chi connectivity index (χ2v) is 5.83. The maximum Gasteiger partial charge on any atom is 0.237 e. The Labute approximate surface area is 126 Å². The van der Waals surface area contributed by atoms with Crippen molar-refractivity contribution in [2.75, 3.05) is 20.3 Å². The molecule has 0 radical (unpaired) electrons. The summed E-state index contributed by atoms with van der Waals surface area (Å²) >= 11 is 0. The van der Waals surface area contributed by atoms with Gasteiger partial charge < -0.3 is 10.1 Å². The summed E-state index contributed by atoms with van der Waals surface area (Å²) < 4.78 is 5.11. The normalized spacial score (nSPS) is 16.8. The second-order valence-electron chi connectivity index (χ2n) is 5.83. The van der Waals surface area contributed by atoms with Gasteiger partial charge in [-0.15, -0.1) is 0 Å². The van der Waals surface area contributed by atoms with E-state index in [0.717, 1.165) is 31.4 Å². The molecule has 112 valence electrons. The summed E-state index contributed by atoms with van der Waals surface area (Å²) in [6.07, 6.45) is 3.70. The molecule has 0 bridgehead atoms. The van der Waals surface area contributed by atoms with Crippen molar-refractivity contribution in [3.8, 4) is 6.07 Å². The van der Waals surface area contributed by atoms with Crippen LogP contribution in [0.5, 0.6) is 0 Å². The minimum atomic E-state index is -0.620. The van der Waals surface area contributed by atoms with Gasteiger partial charge in [-0.3, -0.25) is 4.79 Å². The number of benzene rings is 1. The Morgan fingerprint density at radius 2 is 2.14 bits per heavy atom. The van der Waals surface area contributed by atoms with Crippen LogP contribution < -0.4 is 5.32 Å². The van der Waals surface area contributed by atoms with Gasteiger partial charge in [0, 0.05) is 20.3 Å². The van der Waals surface area contributed by atoms with E-state index in [-0.39, 0.29) is 11.3 Å². The van der Waals surface area contributed by atoms with Crippen LogP contribution in [0.2, 0.25) is 0 Å². The lowest BCUT2D eigenvalue weighted by atomic mass is 9.98. The lowest BCUT2D eigenvalue weighted by molar-refractivity contribution is -0.123. The average Bonchev–Trinajstić information content (AvgIpc) is 3.30. The Morgan fingerprint density at radius 1 is 1.43 bits per heavy atom. The maximum atomic E-state index is 12.2. The van der Waals surface area contributed by atoms with Gasteiger partial charge in [0.15, 0.2) is 0 Å². The van der Waals surface area contributed by atoms with Crippen molar-refractivity contribution in [1.29, 1.82) is 5.26 Å². The van der Waals surface area contributed by atoms with E-state index >= 15 is 0 Å². The van der Waals surface area contributed by atoms with Crippen LogP contribution in [0.4, 0.5) is 0 Å². The Balaban J connectivity index is 1.82. The average molecular weight is 286 g/mol. The predicted molar refractivity (Wildman–Crippen MR) is 80.4 cm³/mol. The molecule has 1 unspecified atom stereocenters. The number of amides is 1. The standard InChI is InChI=1S/C17H22N2O2/c1-21-10-9-17(7-8-17)13-19-16(20)15(12-18)11-14-5-3-2-4-6-14/h2-6,15H,7-11,13H2,1H3,(H,19,20). The summed E-state index contributed by atoms with van der Waals surface area (Å²) in [4.78, 5) is 12.2. The topological polar surface area (TPSA) is 62.1 Å². The number of nitrogens with zero attached hydrogens (tertiary/aromatic N) is 1. The van der Waals surface area contributed by atoms with Gasteiger partial charge in [-0.25, -0.2) is 0 Å². The molecule has 1 N–H and O–H groups in total. The van der Waals surface area contributed by atoms with Gasteiger partial charge in [-0.1, -0.05) is 30.3 Å². The summed E-state index contributed by atoms with van der Waals surface area (Å²) in [6.45, 7) is 1.38. The third-order valence-electron chi connectivity index (χ3n) is 4.19. The molecule has 4 heteroatoms. The SMILES string of the molecule is COCCC1(CNC(=O)C(C#N)Cc2ccccc2)CC1. The van der Waals surface area contributed by atoms with Crippen molar-refractivity contribution in [2.24, 2.45) is 11.3 Å². The van der Waals surface area contributed by atoms with Gasteiger partial charge >= 0.3 is 0 Å². The summed E-state index contributed by atoms with van der Waals surface area (Å²) in [5, 5.41) is 12.2. The van der Waals surface area contributed by atoms with Crippen LogP contribution in [0.15, 0.2) is 30.3 Å². The molecular formula is C17H22N2O2. The van der Waals surface area contributed by atoms with Gasteiger partial charge in [0.25, 0.3) is 0 Å². The lowest BCUT2D eigenvalue weighted by Gasteiger charge is -2.17. The fourth-order valence-corrected chi connectivity index (χ4v) is 2.46. The molecule has 1 aromatic carbocycles. The third kappa shape index (κ3) is 4.57. The van der Waals surface area contributed by atoms with Gasteiger partial charge in [0.2, 0.25) is 5.91 Å². The molecule has 2 rings (SSSR count). The van der Waals surface area contributed by atoms with Gasteiger partial charge in [0.1, 0.15) is 5.92 Å². The largest absolute Gasteiger partial charge is 0.385 e. The van der Waals surface area contributed by atoms with Crippen molar-refractivity contribution in [3.63, 3.8) is 0 Å². The first-order valence-electron chi connectivity index (χ1n) is 7.39. The van der Waals surface area contributed by atoms with E-state index in [1.165, 1.54) is 0 Å². The van der Waals surface area contributed by atoms with Gasteiger partial charge in [-0.05, 0) is 36.7 Å². The smallest absolute Gasteiger partial charge is 0.237 e. The summed E-state index contributed by atoms with van der Waals surface area (Å²) in [7, 11) is 1.69.